The lowest BCUT2D eigenvalue weighted by Gasteiger charge is -2.19. The first-order chi connectivity index (χ1) is 9.15. The molecule has 2 nitrogen and oxygen atoms in total. The molecule has 2 aromatic carbocycles. The van der Waals surface area contributed by atoms with Crippen molar-refractivity contribution in [3.63, 3.8) is 0 Å². The van der Waals surface area contributed by atoms with Crippen molar-refractivity contribution in [1.82, 2.24) is 5.32 Å². The Morgan fingerprint density at radius 2 is 1.95 bits per heavy atom. The summed E-state index contributed by atoms with van der Waals surface area (Å²) in [5.74, 6) is 0.568. The molecule has 0 aliphatic carbocycles. The lowest BCUT2D eigenvalue weighted by Crippen LogP contribution is -2.19. The first-order valence-corrected chi connectivity index (χ1v) is 6.23. The van der Waals surface area contributed by atoms with Gasteiger partial charge in [-0.2, -0.15) is 0 Å². The van der Waals surface area contributed by atoms with Crippen molar-refractivity contribution >= 4 is 0 Å². The van der Waals surface area contributed by atoms with E-state index < -0.39 is 0 Å². The molecule has 2 aromatic rings. The Morgan fingerprint density at radius 3 is 2.63 bits per heavy atom. The highest BCUT2D eigenvalue weighted by Crippen LogP contribution is 2.27. The van der Waals surface area contributed by atoms with Gasteiger partial charge in [0.15, 0.2) is 0 Å². The van der Waals surface area contributed by atoms with Crippen LogP contribution in [0.4, 0.5) is 4.39 Å². The molecular formula is C16H18FNO. The third-order valence-electron chi connectivity index (χ3n) is 3.18. The maximum Gasteiger partial charge on any atom is 0.128 e. The molecule has 0 aromatic heterocycles. The molecule has 0 fully saturated rings. The predicted molar refractivity (Wildman–Crippen MR) is 75.0 cm³/mol. The molecule has 19 heavy (non-hydrogen) atoms. The van der Waals surface area contributed by atoms with E-state index in [4.69, 9.17) is 4.74 Å². The zero-order valence-electron chi connectivity index (χ0n) is 11.4. The number of aryl methyl sites for hydroxylation is 1. The van der Waals surface area contributed by atoms with Crippen LogP contribution < -0.4 is 10.1 Å². The molecule has 1 unspecified atom stereocenters. The van der Waals surface area contributed by atoms with Crippen molar-refractivity contribution in [2.75, 3.05) is 14.2 Å². The topological polar surface area (TPSA) is 21.3 Å². The monoisotopic (exact) mass is 259 g/mol. The van der Waals surface area contributed by atoms with E-state index in [-0.39, 0.29) is 11.9 Å². The van der Waals surface area contributed by atoms with Crippen LogP contribution in [-0.4, -0.2) is 14.2 Å². The highest BCUT2D eigenvalue weighted by molar-refractivity contribution is 5.38. The smallest absolute Gasteiger partial charge is 0.128 e. The van der Waals surface area contributed by atoms with Crippen molar-refractivity contribution in [2.24, 2.45) is 0 Å². The Labute approximate surface area is 113 Å². The maximum atomic E-state index is 14.0. The van der Waals surface area contributed by atoms with Crippen LogP contribution in [0.2, 0.25) is 0 Å². The molecular weight excluding hydrogens is 241 g/mol. The number of methoxy groups -OCH3 is 1. The average molecular weight is 259 g/mol. The molecule has 0 bridgehead atoms. The highest BCUT2D eigenvalue weighted by atomic mass is 19.1. The normalized spacial score (nSPS) is 12.2. The second kappa shape index (κ2) is 5.85. The number of rotatable bonds is 4. The summed E-state index contributed by atoms with van der Waals surface area (Å²) in [6.45, 7) is 1.96. The average Bonchev–Trinajstić information content (AvgIpc) is 2.44. The summed E-state index contributed by atoms with van der Waals surface area (Å²) in [7, 11) is 3.45. The van der Waals surface area contributed by atoms with Gasteiger partial charge in [0.1, 0.15) is 11.6 Å². The molecule has 3 heteroatoms. The number of ether oxygens (including phenoxy) is 1. The molecule has 0 amide bonds. The van der Waals surface area contributed by atoms with Crippen LogP contribution in [-0.2, 0) is 0 Å². The van der Waals surface area contributed by atoms with E-state index >= 15 is 0 Å². The zero-order chi connectivity index (χ0) is 13.8. The van der Waals surface area contributed by atoms with Crippen molar-refractivity contribution in [1.29, 1.82) is 0 Å². The van der Waals surface area contributed by atoms with Crippen molar-refractivity contribution in [2.45, 2.75) is 13.0 Å². The molecule has 0 saturated heterocycles. The van der Waals surface area contributed by atoms with E-state index in [0.717, 1.165) is 16.9 Å². The summed E-state index contributed by atoms with van der Waals surface area (Å²) in [4.78, 5) is 0. The number of halogens is 1. The molecule has 0 heterocycles. The van der Waals surface area contributed by atoms with Gasteiger partial charge in [-0.3, -0.25) is 0 Å². The quantitative estimate of drug-likeness (QED) is 0.908. The molecule has 100 valence electrons. The van der Waals surface area contributed by atoms with E-state index in [0.29, 0.717) is 5.56 Å². The number of hydrogen-bond acceptors (Lipinski definition) is 2. The molecule has 2 rings (SSSR count). The summed E-state index contributed by atoms with van der Waals surface area (Å²) < 4.78 is 19.2. The maximum absolute atomic E-state index is 14.0. The first-order valence-electron chi connectivity index (χ1n) is 6.23. The Morgan fingerprint density at radius 1 is 1.16 bits per heavy atom. The van der Waals surface area contributed by atoms with E-state index in [1.165, 1.54) is 6.07 Å². The summed E-state index contributed by atoms with van der Waals surface area (Å²) in [5, 5.41) is 3.16. The lowest BCUT2D eigenvalue weighted by molar-refractivity contribution is 0.413. The minimum absolute atomic E-state index is 0.185. The lowest BCUT2D eigenvalue weighted by atomic mass is 9.97. The van der Waals surface area contributed by atoms with Crippen LogP contribution >= 0.6 is 0 Å². The Kier molecular flexibility index (Phi) is 4.17. The van der Waals surface area contributed by atoms with E-state index in [9.17, 15) is 4.39 Å². The molecule has 0 spiro atoms. The zero-order valence-corrected chi connectivity index (χ0v) is 11.4. The van der Waals surface area contributed by atoms with Crippen molar-refractivity contribution < 1.29 is 9.13 Å². The number of hydrogen-bond donors (Lipinski definition) is 1. The number of benzene rings is 2. The van der Waals surface area contributed by atoms with Crippen LogP contribution in [0.3, 0.4) is 0 Å². The second-order valence-corrected chi connectivity index (χ2v) is 4.52. The highest BCUT2D eigenvalue weighted by Gasteiger charge is 2.16. The van der Waals surface area contributed by atoms with Gasteiger partial charge in [0.2, 0.25) is 0 Å². The minimum atomic E-state index is -0.201. The van der Waals surface area contributed by atoms with Gasteiger partial charge in [-0.15, -0.1) is 0 Å². The van der Waals surface area contributed by atoms with Crippen molar-refractivity contribution in [3.05, 3.63) is 65.0 Å². The SMILES string of the molecule is CNC(c1cccc(OC)c1)c1cc(C)ccc1F. The van der Waals surface area contributed by atoms with Gasteiger partial charge in [0.25, 0.3) is 0 Å². The molecule has 1 N–H and O–H groups in total. The number of nitrogens with one attached hydrogen (secondary N) is 1. The molecule has 0 aliphatic rings. The predicted octanol–water partition coefficient (Wildman–Crippen LogP) is 3.45. The Hall–Kier alpha value is -1.87. The third-order valence-corrected chi connectivity index (χ3v) is 3.18. The van der Waals surface area contributed by atoms with Gasteiger partial charge in [0, 0.05) is 5.56 Å². The Balaban J connectivity index is 2.46. The second-order valence-electron chi connectivity index (χ2n) is 4.52. The van der Waals surface area contributed by atoms with Gasteiger partial charge >= 0.3 is 0 Å². The van der Waals surface area contributed by atoms with Gasteiger partial charge in [-0.25, -0.2) is 4.39 Å². The largest absolute Gasteiger partial charge is 0.497 e. The fourth-order valence-corrected chi connectivity index (χ4v) is 2.21. The standard InChI is InChI=1S/C16H18FNO/c1-11-7-8-15(17)14(9-11)16(18-2)12-5-4-6-13(10-12)19-3/h4-10,16,18H,1-3H3. The van der Waals surface area contributed by atoms with Gasteiger partial charge in [-0.1, -0.05) is 29.8 Å². The third kappa shape index (κ3) is 2.93. The van der Waals surface area contributed by atoms with Crippen LogP contribution in [0.15, 0.2) is 42.5 Å². The fourth-order valence-electron chi connectivity index (χ4n) is 2.21. The van der Waals surface area contributed by atoms with Gasteiger partial charge in [-0.05, 0) is 37.7 Å². The first kappa shape index (κ1) is 13.6. The van der Waals surface area contributed by atoms with E-state index in [2.05, 4.69) is 5.32 Å². The molecule has 0 radical (unpaired) electrons. The van der Waals surface area contributed by atoms with Gasteiger partial charge < -0.3 is 10.1 Å². The van der Waals surface area contributed by atoms with Crippen molar-refractivity contribution in [3.8, 4) is 5.75 Å². The Bertz CT molecular complexity index is 568. The van der Waals surface area contributed by atoms with Gasteiger partial charge in [0.05, 0.1) is 13.2 Å². The molecule has 0 saturated carbocycles. The summed E-state index contributed by atoms with van der Waals surface area (Å²) in [6.07, 6.45) is 0. The van der Waals surface area contributed by atoms with Crippen LogP contribution in [0.5, 0.6) is 5.75 Å². The summed E-state index contributed by atoms with van der Waals surface area (Å²) >= 11 is 0. The van der Waals surface area contributed by atoms with E-state index in [1.807, 2.05) is 44.3 Å². The summed E-state index contributed by atoms with van der Waals surface area (Å²) in [6, 6.07) is 12.6. The van der Waals surface area contributed by atoms with Crippen LogP contribution in [0, 0.1) is 12.7 Å². The minimum Gasteiger partial charge on any atom is -0.497 e. The van der Waals surface area contributed by atoms with Crippen LogP contribution in [0.25, 0.3) is 0 Å². The molecule has 1 atom stereocenters. The molecule has 0 aliphatic heterocycles. The fraction of sp³-hybridized carbons (Fsp3) is 0.250. The van der Waals surface area contributed by atoms with Crippen LogP contribution in [0.1, 0.15) is 22.7 Å². The van der Waals surface area contributed by atoms with E-state index in [1.54, 1.807) is 13.2 Å². The summed E-state index contributed by atoms with van der Waals surface area (Å²) in [5.41, 5.74) is 2.67.